The van der Waals surface area contributed by atoms with Crippen molar-refractivity contribution < 1.29 is 9.90 Å². The quantitative estimate of drug-likeness (QED) is 0.562. The van der Waals surface area contributed by atoms with Gasteiger partial charge in [0.2, 0.25) is 5.91 Å². The van der Waals surface area contributed by atoms with E-state index in [9.17, 15) is 9.90 Å². The highest BCUT2D eigenvalue weighted by Crippen LogP contribution is 2.00. The molecule has 1 rings (SSSR count). The van der Waals surface area contributed by atoms with Crippen molar-refractivity contribution in [1.82, 2.24) is 5.32 Å². The van der Waals surface area contributed by atoms with E-state index in [0.29, 0.717) is 6.42 Å². The minimum absolute atomic E-state index is 0.282. The first kappa shape index (κ1) is 24.3. The molecule has 1 aromatic carbocycles. The summed E-state index contributed by atoms with van der Waals surface area (Å²) in [6.45, 7) is 5.00. The van der Waals surface area contributed by atoms with E-state index in [1.807, 2.05) is 30.3 Å². The summed E-state index contributed by atoms with van der Waals surface area (Å²) in [5.41, 5.74) is 33.5. The molecule has 148 valence electrons. The number of nitrogens with one attached hydrogen (secondary N) is 1. The largest absolute Gasteiger partial charge is 0.386 e. The molecule has 0 unspecified atom stereocenters. The predicted molar refractivity (Wildman–Crippen MR) is 119 cm³/mol. The molecule has 0 aliphatic carbocycles. The fourth-order valence-electron chi connectivity index (χ4n) is 1.91. The van der Waals surface area contributed by atoms with Gasteiger partial charge >= 0.3 is 0 Å². The molecule has 0 fully saturated rings. The Bertz CT molecular complexity index is 1300. The Morgan fingerprint density at radius 1 is 0.968 bits per heavy atom. The summed E-state index contributed by atoms with van der Waals surface area (Å²) < 4.78 is 0. The summed E-state index contributed by atoms with van der Waals surface area (Å²) in [7, 11) is 0. The second-order valence-electron chi connectivity index (χ2n) is 5.74. The summed E-state index contributed by atoms with van der Waals surface area (Å²) >= 11 is 0. The van der Waals surface area contributed by atoms with Gasteiger partial charge in [0.25, 0.3) is 0 Å². The predicted octanol–water partition coefficient (Wildman–Crippen LogP) is 3.85. The molecule has 0 aliphatic heterocycles. The van der Waals surface area contributed by atoms with E-state index < -0.39 is 12.1 Å². The van der Waals surface area contributed by atoms with Crippen molar-refractivity contribution in [2.75, 3.05) is 0 Å². The molecule has 31 heavy (non-hydrogen) atoms. The minimum atomic E-state index is -0.932. The van der Waals surface area contributed by atoms with E-state index in [1.165, 1.54) is 12.2 Å². The Labute approximate surface area is 182 Å². The maximum absolute atomic E-state index is 11.9. The Hall–Kier alpha value is -4.73. The second-order valence-corrected chi connectivity index (χ2v) is 5.74. The van der Waals surface area contributed by atoms with Gasteiger partial charge in [-0.25, -0.2) is 0 Å². The lowest BCUT2D eigenvalue weighted by Gasteiger charge is -2.15. The van der Waals surface area contributed by atoms with Crippen molar-refractivity contribution in [3.63, 3.8) is 0 Å². The summed E-state index contributed by atoms with van der Waals surface area (Å²) in [4.78, 5) is 11.9. The van der Waals surface area contributed by atoms with Gasteiger partial charge in [-0.05, 0) is 101 Å². The van der Waals surface area contributed by atoms with Gasteiger partial charge in [0, 0.05) is 0 Å². The molecule has 1 amide bonds. The zero-order valence-electron chi connectivity index (χ0n) is 17.0. The average Bonchev–Trinajstić information content (AvgIpc) is 2.77. The standard InChI is InChI=1S/C28H19NO2/c1-3-4-5-6-7-8-9-10-11-12-13-14-18-23-27(30)25(2)29-28(31)24-19-22-26-20-16-15-17-21-26/h15-17,19-21,23-25,27,30H,1,22H2,2H3,(H,29,31)/t25-,27-/m0/s1. The average molecular weight is 401 g/mol. The van der Waals surface area contributed by atoms with Gasteiger partial charge in [-0.2, -0.15) is 0 Å². The Morgan fingerprint density at radius 3 is 2.10 bits per heavy atom. The summed E-state index contributed by atoms with van der Waals surface area (Å²) in [5.74, 6) is -0.282. The highest BCUT2D eigenvalue weighted by Gasteiger charge is 2.12. The van der Waals surface area contributed by atoms with Crippen LogP contribution in [0.4, 0.5) is 0 Å². The van der Waals surface area contributed by atoms with Gasteiger partial charge in [0.1, 0.15) is 0 Å². The lowest BCUT2D eigenvalue weighted by atomic mass is 10.1. The molecule has 0 radical (unpaired) electrons. The summed E-state index contributed by atoms with van der Waals surface area (Å²) in [5, 5.41) is 12.7. The molecule has 0 heterocycles. The Balaban J connectivity index is 2.70. The van der Waals surface area contributed by atoms with Crippen LogP contribution in [0.5, 0.6) is 0 Å². The molecule has 0 spiro atoms. The van der Waals surface area contributed by atoms with Crippen molar-refractivity contribution in [3.05, 3.63) is 135 Å². The first-order chi connectivity index (χ1) is 15.1. The van der Waals surface area contributed by atoms with E-state index in [1.54, 1.807) is 13.0 Å². The summed E-state index contributed by atoms with van der Waals surface area (Å²) in [6.07, 6.45) is 4.31. The minimum Gasteiger partial charge on any atom is -0.386 e. The van der Waals surface area contributed by atoms with E-state index in [0.717, 1.165) is 5.56 Å². The number of amides is 1. The fourth-order valence-corrected chi connectivity index (χ4v) is 1.91. The molecule has 3 nitrogen and oxygen atoms in total. The molecule has 0 aliphatic rings. The monoisotopic (exact) mass is 401 g/mol. The van der Waals surface area contributed by atoms with E-state index >= 15 is 0 Å². The molecule has 1 aromatic rings. The maximum Gasteiger partial charge on any atom is 0.243 e. The Morgan fingerprint density at radius 2 is 1.52 bits per heavy atom. The van der Waals surface area contributed by atoms with Gasteiger partial charge in [-0.15, -0.1) is 0 Å². The van der Waals surface area contributed by atoms with Crippen LogP contribution in [0, 0.1) is 0 Å². The normalized spacial score (nSPS) is 9.87. The first-order valence-corrected chi connectivity index (χ1v) is 9.18. The van der Waals surface area contributed by atoms with Crippen LogP contribution in [0.2, 0.25) is 0 Å². The lowest BCUT2D eigenvalue weighted by molar-refractivity contribution is -0.117. The molecule has 2 atom stereocenters. The number of carbonyl (C=O) groups excluding carboxylic acids is 1. The zero-order valence-corrected chi connectivity index (χ0v) is 17.0. The number of hydrogen-bond acceptors (Lipinski definition) is 2. The van der Waals surface area contributed by atoms with E-state index in [-0.39, 0.29) is 5.91 Å². The third kappa shape index (κ3) is 13.1. The zero-order chi connectivity index (χ0) is 22.6. The van der Waals surface area contributed by atoms with Crippen LogP contribution in [0.25, 0.3) is 0 Å². The van der Waals surface area contributed by atoms with E-state index in [2.05, 4.69) is 86.4 Å². The van der Waals surface area contributed by atoms with Crippen molar-refractivity contribution >= 4 is 5.91 Å². The molecular formula is C28H19NO2. The van der Waals surface area contributed by atoms with E-state index in [4.69, 9.17) is 0 Å². The number of aliphatic hydroxyl groups is 1. The number of rotatable bonds is 6. The van der Waals surface area contributed by atoms with Crippen LogP contribution in [-0.4, -0.2) is 23.2 Å². The number of benzene rings is 1. The third-order valence-corrected chi connectivity index (χ3v) is 3.39. The number of carbonyl (C=O) groups is 1. The SMILES string of the molecule is C=C=C=C=C=C=C=C=C=C=C=C=C=C=C[C@H](O)[C@H](C)NC(=O)C=CCc1ccccc1. The number of hydrogen-bond donors (Lipinski definition) is 2. The van der Waals surface area contributed by atoms with Crippen LogP contribution in [0.15, 0.2) is 130 Å². The van der Waals surface area contributed by atoms with Gasteiger partial charge in [-0.1, -0.05) is 47.9 Å². The fraction of sp³-hybridized carbons (Fsp3) is 0.143. The van der Waals surface area contributed by atoms with Crippen LogP contribution in [0.3, 0.4) is 0 Å². The second kappa shape index (κ2) is 16.2. The molecule has 3 heteroatoms. The smallest absolute Gasteiger partial charge is 0.243 e. The van der Waals surface area contributed by atoms with Crippen molar-refractivity contribution in [3.8, 4) is 0 Å². The van der Waals surface area contributed by atoms with Crippen molar-refractivity contribution in [2.24, 2.45) is 0 Å². The topological polar surface area (TPSA) is 49.3 Å². The van der Waals surface area contributed by atoms with Gasteiger partial charge in [0.15, 0.2) is 0 Å². The third-order valence-electron chi connectivity index (χ3n) is 3.39. The van der Waals surface area contributed by atoms with Gasteiger partial charge < -0.3 is 10.4 Å². The van der Waals surface area contributed by atoms with Crippen molar-refractivity contribution in [1.29, 1.82) is 0 Å². The maximum atomic E-state index is 11.9. The van der Waals surface area contributed by atoms with Crippen LogP contribution in [0.1, 0.15) is 12.5 Å². The molecule has 0 aromatic heterocycles. The Kier molecular flexibility index (Phi) is 12.7. The van der Waals surface area contributed by atoms with Crippen LogP contribution >= 0.6 is 0 Å². The highest BCUT2D eigenvalue weighted by molar-refractivity contribution is 5.87. The molecular weight excluding hydrogens is 382 g/mol. The molecule has 0 saturated carbocycles. The lowest BCUT2D eigenvalue weighted by Crippen LogP contribution is -2.39. The molecule has 2 N–H and O–H groups in total. The van der Waals surface area contributed by atoms with Crippen LogP contribution < -0.4 is 5.32 Å². The number of aliphatic hydroxyl groups excluding tert-OH is 1. The van der Waals surface area contributed by atoms with Crippen LogP contribution in [-0.2, 0) is 11.2 Å². The van der Waals surface area contributed by atoms with Crippen molar-refractivity contribution in [2.45, 2.75) is 25.5 Å². The molecule has 0 saturated heterocycles. The van der Waals surface area contributed by atoms with Gasteiger partial charge in [-0.3, -0.25) is 4.79 Å². The summed E-state index contributed by atoms with van der Waals surface area (Å²) in [6, 6.07) is 9.31. The highest BCUT2D eigenvalue weighted by atomic mass is 16.3. The molecule has 0 bridgehead atoms. The first-order valence-electron chi connectivity index (χ1n) is 9.18. The number of allylic oxidation sites excluding steroid dienone is 1. The van der Waals surface area contributed by atoms with Gasteiger partial charge in [0.05, 0.1) is 12.1 Å².